The Kier molecular flexibility index (Phi) is 5.67. The Hall–Kier alpha value is -0.590. The first-order chi connectivity index (χ1) is 7.31. The van der Waals surface area contributed by atoms with Gasteiger partial charge in [-0.25, -0.2) is 0 Å². The van der Waals surface area contributed by atoms with E-state index in [9.17, 15) is 0 Å². The van der Waals surface area contributed by atoms with Gasteiger partial charge < -0.3 is 5.32 Å². The highest BCUT2D eigenvalue weighted by Gasteiger charge is 2.20. The zero-order chi connectivity index (χ0) is 11.1. The standard InChI is InChI=1S/C12H23N3/c1-3-12(9-13)15(4-2)10-11-5-7-14-8-6-11/h11-12,14H,3-8,10H2,1-2H3. The fourth-order valence-electron chi connectivity index (χ4n) is 2.30. The van der Waals surface area contributed by atoms with Crippen molar-refractivity contribution in [1.29, 1.82) is 5.26 Å². The van der Waals surface area contributed by atoms with Gasteiger partial charge in [0.1, 0.15) is 0 Å². The summed E-state index contributed by atoms with van der Waals surface area (Å²) in [6.07, 6.45) is 3.46. The largest absolute Gasteiger partial charge is 0.317 e. The molecule has 0 aromatic rings. The summed E-state index contributed by atoms with van der Waals surface area (Å²) in [5.74, 6) is 0.786. The molecular formula is C12H23N3. The van der Waals surface area contributed by atoms with Gasteiger partial charge in [0.05, 0.1) is 12.1 Å². The van der Waals surface area contributed by atoms with E-state index < -0.39 is 0 Å². The summed E-state index contributed by atoms with van der Waals surface area (Å²) in [5, 5.41) is 12.4. The molecule has 1 N–H and O–H groups in total. The third kappa shape index (κ3) is 3.81. The fourth-order valence-corrected chi connectivity index (χ4v) is 2.30. The van der Waals surface area contributed by atoms with Gasteiger partial charge in [0.15, 0.2) is 0 Å². The molecule has 0 aromatic carbocycles. The van der Waals surface area contributed by atoms with E-state index in [1.54, 1.807) is 0 Å². The van der Waals surface area contributed by atoms with Gasteiger partial charge in [0, 0.05) is 6.54 Å². The first-order valence-electron chi connectivity index (χ1n) is 6.16. The van der Waals surface area contributed by atoms with Crippen molar-refractivity contribution < 1.29 is 0 Å². The van der Waals surface area contributed by atoms with Crippen LogP contribution in [0.2, 0.25) is 0 Å². The molecule has 1 saturated heterocycles. The van der Waals surface area contributed by atoms with Crippen LogP contribution in [0.25, 0.3) is 0 Å². The predicted octanol–water partition coefficient (Wildman–Crippen LogP) is 1.61. The highest BCUT2D eigenvalue weighted by molar-refractivity contribution is 4.91. The first-order valence-corrected chi connectivity index (χ1v) is 6.16. The molecule has 0 radical (unpaired) electrons. The minimum atomic E-state index is 0.116. The molecule has 3 nitrogen and oxygen atoms in total. The number of rotatable bonds is 5. The van der Waals surface area contributed by atoms with Crippen molar-refractivity contribution in [2.75, 3.05) is 26.2 Å². The van der Waals surface area contributed by atoms with Gasteiger partial charge in [-0.2, -0.15) is 5.26 Å². The molecule has 1 fully saturated rings. The summed E-state index contributed by atoms with van der Waals surface area (Å²) in [5.41, 5.74) is 0. The van der Waals surface area contributed by atoms with Gasteiger partial charge in [-0.3, -0.25) is 4.90 Å². The number of hydrogen-bond donors (Lipinski definition) is 1. The lowest BCUT2D eigenvalue weighted by Gasteiger charge is -2.31. The maximum absolute atomic E-state index is 9.05. The van der Waals surface area contributed by atoms with Gasteiger partial charge in [0.2, 0.25) is 0 Å². The average Bonchev–Trinajstić information content (AvgIpc) is 2.30. The molecule has 0 bridgehead atoms. The first kappa shape index (κ1) is 12.5. The van der Waals surface area contributed by atoms with Crippen LogP contribution in [0.15, 0.2) is 0 Å². The Bertz CT molecular complexity index is 203. The van der Waals surface area contributed by atoms with Crippen LogP contribution in [0, 0.1) is 17.2 Å². The van der Waals surface area contributed by atoms with E-state index in [2.05, 4.69) is 30.1 Å². The quantitative estimate of drug-likeness (QED) is 0.747. The lowest BCUT2D eigenvalue weighted by molar-refractivity contribution is 0.183. The summed E-state index contributed by atoms with van der Waals surface area (Å²) in [7, 11) is 0. The molecule has 0 saturated carbocycles. The van der Waals surface area contributed by atoms with E-state index in [1.165, 1.54) is 12.8 Å². The minimum absolute atomic E-state index is 0.116. The van der Waals surface area contributed by atoms with Crippen LogP contribution in [0.3, 0.4) is 0 Å². The Labute approximate surface area is 93.5 Å². The summed E-state index contributed by atoms with van der Waals surface area (Å²) < 4.78 is 0. The normalized spacial score (nSPS) is 20.1. The maximum Gasteiger partial charge on any atom is 0.0975 e. The number of piperidine rings is 1. The Morgan fingerprint density at radius 2 is 2.07 bits per heavy atom. The molecule has 1 rings (SSSR count). The van der Waals surface area contributed by atoms with Gasteiger partial charge in [-0.1, -0.05) is 13.8 Å². The van der Waals surface area contributed by atoms with Gasteiger partial charge in [-0.15, -0.1) is 0 Å². The molecule has 1 unspecified atom stereocenters. The van der Waals surface area contributed by atoms with Crippen molar-refractivity contribution in [2.24, 2.45) is 5.92 Å². The molecule has 1 atom stereocenters. The molecule has 3 heteroatoms. The SMILES string of the molecule is CCC(C#N)N(CC)CC1CCNCC1. The molecule has 0 aliphatic carbocycles. The van der Waals surface area contributed by atoms with Gasteiger partial charge in [0.25, 0.3) is 0 Å². The molecular weight excluding hydrogens is 186 g/mol. The van der Waals surface area contributed by atoms with E-state index in [0.29, 0.717) is 0 Å². The van der Waals surface area contributed by atoms with Crippen LogP contribution in [-0.4, -0.2) is 37.1 Å². The Morgan fingerprint density at radius 3 is 2.53 bits per heavy atom. The van der Waals surface area contributed by atoms with E-state index in [4.69, 9.17) is 5.26 Å². The fraction of sp³-hybridized carbons (Fsp3) is 0.917. The van der Waals surface area contributed by atoms with E-state index in [-0.39, 0.29) is 6.04 Å². The molecule has 15 heavy (non-hydrogen) atoms. The second-order valence-corrected chi connectivity index (χ2v) is 4.33. The minimum Gasteiger partial charge on any atom is -0.317 e. The second kappa shape index (κ2) is 6.81. The zero-order valence-electron chi connectivity index (χ0n) is 10.00. The molecule has 0 spiro atoms. The zero-order valence-corrected chi connectivity index (χ0v) is 10.00. The predicted molar refractivity (Wildman–Crippen MR) is 62.5 cm³/mol. The smallest absolute Gasteiger partial charge is 0.0975 e. The lowest BCUT2D eigenvalue weighted by atomic mass is 9.97. The van der Waals surface area contributed by atoms with Crippen LogP contribution in [0.4, 0.5) is 0 Å². The summed E-state index contributed by atoms with van der Waals surface area (Å²) in [6.45, 7) is 8.64. The van der Waals surface area contributed by atoms with E-state index in [0.717, 1.165) is 38.5 Å². The third-order valence-corrected chi connectivity index (χ3v) is 3.33. The Morgan fingerprint density at radius 1 is 1.40 bits per heavy atom. The average molecular weight is 209 g/mol. The molecule has 0 amide bonds. The van der Waals surface area contributed by atoms with Crippen molar-refractivity contribution in [3.63, 3.8) is 0 Å². The summed E-state index contributed by atoms with van der Waals surface area (Å²) in [4.78, 5) is 2.33. The van der Waals surface area contributed by atoms with Gasteiger partial charge in [-0.05, 0) is 44.8 Å². The van der Waals surface area contributed by atoms with Crippen LogP contribution in [-0.2, 0) is 0 Å². The highest BCUT2D eigenvalue weighted by Crippen LogP contribution is 2.15. The van der Waals surface area contributed by atoms with Crippen molar-refractivity contribution in [1.82, 2.24) is 10.2 Å². The van der Waals surface area contributed by atoms with Crippen LogP contribution >= 0.6 is 0 Å². The molecule has 1 aliphatic rings. The van der Waals surface area contributed by atoms with Crippen molar-refractivity contribution in [3.05, 3.63) is 0 Å². The number of nitrogens with one attached hydrogen (secondary N) is 1. The van der Waals surface area contributed by atoms with Gasteiger partial charge >= 0.3 is 0 Å². The molecule has 1 aliphatic heterocycles. The number of nitriles is 1. The van der Waals surface area contributed by atoms with Crippen molar-refractivity contribution >= 4 is 0 Å². The summed E-state index contributed by atoms with van der Waals surface area (Å²) in [6, 6.07) is 2.52. The third-order valence-electron chi connectivity index (χ3n) is 3.33. The number of nitrogens with zero attached hydrogens (tertiary/aromatic N) is 2. The van der Waals surface area contributed by atoms with Crippen LogP contribution in [0.1, 0.15) is 33.1 Å². The molecule has 86 valence electrons. The topological polar surface area (TPSA) is 39.1 Å². The Balaban J connectivity index is 2.41. The summed E-state index contributed by atoms with van der Waals surface area (Å²) >= 11 is 0. The van der Waals surface area contributed by atoms with Crippen LogP contribution < -0.4 is 5.32 Å². The van der Waals surface area contributed by atoms with E-state index in [1.807, 2.05) is 0 Å². The highest BCUT2D eigenvalue weighted by atomic mass is 15.1. The number of hydrogen-bond acceptors (Lipinski definition) is 3. The molecule has 1 heterocycles. The van der Waals surface area contributed by atoms with Crippen molar-refractivity contribution in [3.8, 4) is 6.07 Å². The monoisotopic (exact) mass is 209 g/mol. The van der Waals surface area contributed by atoms with E-state index >= 15 is 0 Å². The molecule has 0 aromatic heterocycles. The van der Waals surface area contributed by atoms with Crippen molar-refractivity contribution in [2.45, 2.75) is 39.2 Å². The lowest BCUT2D eigenvalue weighted by Crippen LogP contribution is -2.40. The maximum atomic E-state index is 9.05. The van der Waals surface area contributed by atoms with Crippen LogP contribution in [0.5, 0.6) is 0 Å². The second-order valence-electron chi connectivity index (χ2n) is 4.33.